The first-order valence-corrected chi connectivity index (χ1v) is 6.82. The van der Waals surface area contributed by atoms with Gasteiger partial charge in [0.15, 0.2) is 11.5 Å². The fraction of sp³-hybridized carbons (Fsp3) is 0.429. The summed E-state index contributed by atoms with van der Waals surface area (Å²) in [4.78, 5) is 8.79. The van der Waals surface area contributed by atoms with E-state index >= 15 is 0 Å². The maximum atomic E-state index is 9.61. The number of aromatic hydroxyl groups is 1. The van der Waals surface area contributed by atoms with Gasteiger partial charge in [0, 0.05) is 31.7 Å². The highest BCUT2D eigenvalue weighted by molar-refractivity contribution is 5.60. The van der Waals surface area contributed by atoms with Gasteiger partial charge in [-0.25, -0.2) is 0 Å². The number of phenolic OH excluding ortho intramolecular Hbond substituents is 1. The van der Waals surface area contributed by atoms with Gasteiger partial charge in [0.1, 0.15) is 0 Å². The molecule has 7 heteroatoms. The average Bonchev–Trinajstić information content (AvgIpc) is 2.98. The summed E-state index contributed by atoms with van der Waals surface area (Å²) >= 11 is 0. The SMILES string of the molecule is COc1cc(-c2nc(N3CCN(C)CC3)no2)ccc1O. The van der Waals surface area contributed by atoms with Crippen LogP contribution in [0.1, 0.15) is 0 Å². The normalized spacial score (nSPS) is 16.2. The lowest BCUT2D eigenvalue weighted by atomic mass is 10.2. The lowest BCUT2D eigenvalue weighted by Gasteiger charge is -2.31. The summed E-state index contributed by atoms with van der Waals surface area (Å²) in [7, 11) is 3.60. The fourth-order valence-electron chi connectivity index (χ4n) is 2.28. The molecule has 0 unspecified atom stereocenters. The molecule has 2 heterocycles. The minimum atomic E-state index is 0.0834. The number of hydrogen-bond acceptors (Lipinski definition) is 7. The van der Waals surface area contributed by atoms with Crippen LogP contribution >= 0.6 is 0 Å². The lowest BCUT2D eigenvalue weighted by Crippen LogP contribution is -2.44. The third kappa shape index (κ3) is 2.78. The Morgan fingerprint density at radius 3 is 2.71 bits per heavy atom. The van der Waals surface area contributed by atoms with Gasteiger partial charge in [-0.2, -0.15) is 4.98 Å². The molecule has 0 aliphatic carbocycles. The van der Waals surface area contributed by atoms with Crippen LogP contribution in [0, 0.1) is 0 Å². The molecular weight excluding hydrogens is 272 g/mol. The highest BCUT2D eigenvalue weighted by Gasteiger charge is 2.20. The Hall–Kier alpha value is -2.28. The molecule has 0 bridgehead atoms. The number of methoxy groups -OCH3 is 1. The van der Waals surface area contributed by atoms with Crippen LogP contribution in [0.25, 0.3) is 11.5 Å². The van der Waals surface area contributed by atoms with Crippen LogP contribution in [0.4, 0.5) is 5.95 Å². The van der Waals surface area contributed by atoms with Gasteiger partial charge < -0.3 is 24.2 Å². The zero-order chi connectivity index (χ0) is 14.8. The van der Waals surface area contributed by atoms with Crippen LogP contribution in [0.5, 0.6) is 11.5 Å². The zero-order valence-corrected chi connectivity index (χ0v) is 12.1. The molecule has 1 aliphatic rings. The van der Waals surface area contributed by atoms with E-state index in [9.17, 15) is 5.11 Å². The van der Waals surface area contributed by atoms with Crippen molar-refractivity contribution in [3.05, 3.63) is 18.2 Å². The van der Waals surface area contributed by atoms with Crippen molar-refractivity contribution in [2.75, 3.05) is 45.2 Å². The Bertz CT molecular complexity index is 620. The molecule has 1 aromatic carbocycles. The van der Waals surface area contributed by atoms with Crippen molar-refractivity contribution in [1.82, 2.24) is 15.0 Å². The lowest BCUT2D eigenvalue weighted by molar-refractivity contribution is 0.309. The van der Waals surface area contributed by atoms with Crippen LogP contribution in [0.2, 0.25) is 0 Å². The second-order valence-electron chi connectivity index (χ2n) is 5.08. The van der Waals surface area contributed by atoms with Crippen molar-refractivity contribution in [3.8, 4) is 23.0 Å². The molecule has 1 fully saturated rings. The minimum absolute atomic E-state index is 0.0834. The Labute approximate surface area is 122 Å². The number of rotatable bonds is 3. The Morgan fingerprint density at radius 1 is 1.24 bits per heavy atom. The maximum Gasteiger partial charge on any atom is 0.266 e. The second-order valence-corrected chi connectivity index (χ2v) is 5.08. The number of hydrogen-bond donors (Lipinski definition) is 1. The quantitative estimate of drug-likeness (QED) is 0.910. The molecule has 1 saturated heterocycles. The largest absolute Gasteiger partial charge is 0.504 e. The number of piperazine rings is 1. The predicted octanol–water partition coefficient (Wildman–Crippen LogP) is 1.20. The monoisotopic (exact) mass is 290 g/mol. The number of nitrogens with zero attached hydrogens (tertiary/aromatic N) is 4. The van der Waals surface area contributed by atoms with E-state index in [1.165, 1.54) is 7.11 Å². The van der Waals surface area contributed by atoms with E-state index in [0.717, 1.165) is 31.7 Å². The predicted molar refractivity (Wildman–Crippen MR) is 77.7 cm³/mol. The van der Waals surface area contributed by atoms with Gasteiger partial charge in [0.2, 0.25) is 0 Å². The van der Waals surface area contributed by atoms with E-state index in [2.05, 4.69) is 27.0 Å². The smallest absolute Gasteiger partial charge is 0.266 e. The number of likely N-dealkylation sites (N-methyl/N-ethyl adjacent to an activating group) is 1. The zero-order valence-electron chi connectivity index (χ0n) is 12.1. The van der Waals surface area contributed by atoms with E-state index in [-0.39, 0.29) is 5.75 Å². The van der Waals surface area contributed by atoms with Crippen molar-refractivity contribution < 1.29 is 14.4 Å². The topological polar surface area (TPSA) is 74.9 Å². The van der Waals surface area contributed by atoms with Crippen molar-refractivity contribution in [3.63, 3.8) is 0 Å². The summed E-state index contributed by atoms with van der Waals surface area (Å²) in [5.41, 5.74) is 0.720. The fourth-order valence-corrected chi connectivity index (χ4v) is 2.28. The Morgan fingerprint density at radius 2 is 2.00 bits per heavy atom. The summed E-state index contributed by atoms with van der Waals surface area (Å²) in [6.45, 7) is 3.73. The van der Waals surface area contributed by atoms with E-state index in [4.69, 9.17) is 9.26 Å². The highest BCUT2D eigenvalue weighted by atomic mass is 16.5. The van der Waals surface area contributed by atoms with E-state index in [1.807, 2.05) is 0 Å². The summed E-state index contributed by atoms with van der Waals surface area (Å²) < 4.78 is 10.4. The van der Waals surface area contributed by atoms with Crippen LogP contribution < -0.4 is 9.64 Å². The molecule has 2 aromatic rings. The molecule has 7 nitrogen and oxygen atoms in total. The van der Waals surface area contributed by atoms with Crippen molar-refractivity contribution >= 4 is 5.95 Å². The average molecular weight is 290 g/mol. The summed E-state index contributed by atoms with van der Waals surface area (Å²) in [5, 5.41) is 13.6. The molecule has 0 atom stereocenters. The molecule has 112 valence electrons. The molecule has 1 N–H and O–H groups in total. The Kier molecular flexibility index (Phi) is 3.66. The Balaban J connectivity index is 1.81. The van der Waals surface area contributed by atoms with Crippen molar-refractivity contribution in [2.45, 2.75) is 0 Å². The minimum Gasteiger partial charge on any atom is -0.504 e. The maximum absolute atomic E-state index is 9.61. The highest BCUT2D eigenvalue weighted by Crippen LogP contribution is 2.31. The molecule has 0 radical (unpaired) electrons. The number of phenols is 1. The first-order chi connectivity index (χ1) is 10.2. The first-order valence-electron chi connectivity index (χ1n) is 6.82. The third-order valence-corrected chi connectivity index (χ3v) is 3.63. The molecule has 0 amide bonds. The van der Waals surface area contributed by atoms with E-state index in [1.54, 1.807) is 18.2 Å². The van der Waals surface area contributed by atoms with Crippen molar-refractivity contribution in [2.24, 2.45) is 0 Å². The van der Waals surface area contributed by atoms with Crippen molar-refractivity contribution in [1.29, 1.82) is 0 Å². The van der Waals surface area contributed by atoms with Crippen LogP contribution in [0.3, 0.4) is 0 Å². The van der Waals surface area contributed by atoms with Crippen LogP contribution in [0.15, 0.2) is 22.7 Å². The summed E-state index contributed by atoms with van der Waals surface area (Å²) in [6.07, 6.45) is 0. The molecule has 3 rings (SSSR count). The number of benzene rings is 1. The molecule has 0 spiro atoms. The molecule has 1 aromatic heterocycles. The third-order valence-electron chi connectivity index (χ3n) is 3.63. The van der Waals surface area contributed by atoms with Gasteiger partial charge in [0.25, 0.3) is 11.8 Å². The van der Waals surface area contributed by atoms with E-state index in [0.29, 0.717) is 17.6 Å². The molecular formula is C14H18N4O3. The standard InChI is InChI=1S/C14H18N4O3/c1-17-5-7-18(8-6-17)14-15-13(21-16-14)10-3-4-11(19)12(9-10)20-2/h3-4,9,19H,5-8H2,1-2H3. The molecule has 1 aliphatic heterocycles. The number of anilines is 1. The van der Waals surface area contributed by atoms with Crippen LogP contribution in [-0.4, -0.2) is 60.5 Å². The van der Waals surface area contributed by atoms with Gasteiger partial charge in [-0.1, -0.05) is 0 Å². The molecule has 21 heavy (non-hydrogen) atoms. The number of aromatic nitrogens is 2. The van der Waals surface area contributed by atoms with Gasteiger partial charge in [-0.3, -0.25) is 0 Å². The summed E-state index contributed by atoms with van der Waals surface area (Å²) in [6, 6.07) is 4.95. The van der Waals surface area contributed by atoms with Gasteiger partial charge in [-0.15, -0.1) is 0 Å². The second kappa shape index (κ2) is 5.61. The van der Waals surface area contributed by atoms with Gasteiger partial charge >= 0.3 is 0 Å². The summed E-state index contributed by atoms with van der Waals surface area (Å²) in [5.74, 6) is 1.49. The number of ether oxygens (including phenoxy) is 1. The van der Waals surface area contributed by atoms with E-state index < -0.39 is 0 Å². The molecule has 0 saturated carbocycles. The van der Waals surface area contributed by atoms with Crippen LogP contribution in [-0.2, 0) is 0 Å². The van der Waals surface area contributed by atoms with Gasteiger partial charge in [-0.05, 0) is 30.4 Å². The first kappa shape index (κ1) is 13.7. The van der Waals surface area contributed by atoms with Gasteiger partial charge in [0.05, 0.1) is 7.11 Å².